The van der Waals surface area contributed by atoms with Crippen molar-refractivity contribution in [1.29, 1.82) is 5.41 Å². The molecule has 10 heteroatoms. The maximum Gasteiger partial charge on any atom is 0.354 e. The van der Waals surface area contributed by atoms with Crippen LogP contribution in [0.1, 0.15) is 55.4 Å². The molecule has 9 nitrogen and oxygen atoms in total. The van der Waals surface area contributed by atoms with E-state index >= 15 is 0 Å². The number of aromatic nitrogens is 3. The van der Waals surface area contributed by atoms with Gasteiger partial charge in [-0.1, -0.05) is 30.3 Å². The molecule has 2 aliphatic rings. The van der Waals surface area contributed by atoms with Crippen LogP contribution in [0.5, 0.6) is 0 Å². The van der Waals surface area contributed by atoms with E-state index in [4.69, 9.17) is 11.1 Å². The first-order valence-electron chi connectivity index (χ1n) is 12.4. The Morgan fingerprint density at radius 3 is 2.86 bits per heavy atom. The van der Waals surface area contributed by atoms with Gasteiger partial charge in [0.1, 0.15) is 5.65 Å². The van der Waals surface area contributed by atoms with Gasteiger partial charge in [0, 0.05) is 53.7 Å². The molecule has 0 bridgehead atoms. The van der Waals surface area contributed by atoms with Crippen molar-refractivity contribution in [3.05, 3.63) is 58.3 Å². The molecular formula is C25H34N8OS. The molecule has 0 unspecified atom stereocenters. The van der Waals surface area contributed by atoms with Crippen LogP contribution in [-0.4, -0.2) is 51.1 Å². The number of benzene rings is 1. The van der Waals surface area contributed by atoms with Gasteiger partial charge in [-0.15, -0.1) is 0 Å². The zero-order valence-corrected chi connectivity index (χ0v) is 20.8. The molecule has 186 valence electrons. The Morgan fingerprint density at radius 1 is 1.29 bits per heavy atom. The Hall–Kier alpha value is -2.66. The number of hydrogen-bond donors (Lipinski definition) is 6. The number of nitrogens with two attached hydrogens (primary N) is 1. The molecule has 4 heterocycles. The molecule has 0 amide bonds. The second-order valence-electron chi connectivity index (χ2n) is 9.54. The maximum absolute atomic E-state index is 12.8. The van der Waals surface area contributed by atoms with E-state index in [1.165, 1.54) is 23.7 Å². The minimum absolute atomic E-state index is 0.185. The van der Waals surface area contributed by atoms with Gasteiger partial charge in [0.2, 0.25) is 0 Å². The fourth-order valence-electron chi connectivity index (χ4n) is 5.27. The smallest absolute Gasteiger partial charge is 0.354 e. The van der Waals surface area contributed by atoms with E-state index in [1.807, 2.05) is 25.4 Å². The average Bonchev–Trinajstić information content (AvgIpc) is 3.50. The molecule has 7 N–H and O–H groups in total. The number of aromatic amines is 1. The third-order valence-electron chi connectivity index (χ3n) is 7.22. The number of piperidine rings is 1. The molecule has 2 aliphatic heterocycles. The van der Waals surface area contributed by atoms with E-state index in [1.54, 1.807) is 4.57 Å². The molecular weight excluding hydrogens is 460 g/mol. The largest absolute Gasteiger partial charge is 0.379 e. The number of rotatable bonds is 7. The monoisotopic (exact) mass is 494 g/mol. The molecule has 35 heavy (non-hydrogen) atoms. The SMILES string of the molecule is CN[C@H]1CN[C@H](c2cc3cn(-c4ccc([C@@H]5CCC[C@@H](CCSC(=N)N)N5)cc4)c(=O)nc3[nH]2)C1. The van der Waals surface area contributed by atoms with Crippen LogP contribution >= 0.6 is 11.8 Å². The van der Waals surface area contributed by atoms with Crippen molar-refractivity contribution in [1.82, 2.24) is 30.5 Å². The van der Waals surface area contributed by atoms with Crippen molar-refractivity contribution in [2.24, 2.45) is 5.73 Å². The number of nitrogens with zero attached hydrogens (tertiary/aromatic N) is 2. The quantitative estimate of drug-likeness (QED) is 0.219. The lowest BCUT2D eigenvalue weighted by molar-refractivity contribution is 0.320. The average molecular weight is 495 g/mol. The number of hydrogen-bond acceptors (Lipinski definition) is 7. The summed E-state index contributed by atoms with van der Waals surface area (Å²) in [5, 5.41) is 19.1. The lowest BCUT2D eigenvalue weighted by atomic mass is 9.92. The lowest BCUT2D eigenvalue weighted by Gasteiger charge is -2.31. The van der Waals surface area contributed by atoms with E-state index in [9.17, 15) is 4.79 Å². The molecule has 0 radical (unpaired) electrons. The number of fused-ring (bicyclic) bond motifs is 1. The highest BCUT2D eigenvalue weighted by Gasteiger charge is 2.26. The summed E-state index contributed by atoms with van der Waals surface area (Å²) in [6.07, 6.45) is 7.31. The Bertz CT molecular complexity index is 1240. The summed E-state index contributed by atoms with van der Waals surface area (Å²) in [5.74, 6) is 0.866. The minimum Gasteiger partial charge on any atom is -0.379 e. The number of H-pyrrole nitrogens is 1. The van der Waals surface area contributed by atoms with E-state index < -0.39 is 0 Å². The first-order chi connectivity index (χ1) is 17.0. The third-order valence-corrected chi connectivity index (χ3v) is 7.97. The fourth-order valence-corrected chi connectivity index (χ4v) is 5.89. The topological polar surface area (TPSA) is 137 Å². The summed E-state index contributed by atoms with van der Waals surface area (Å²) >= 11 is 1.41. The van der Waals surface area contributed by atoms with Crippen molar-refractivity contribution >= 4 is 28.0 Å². The second kappa shape index (κ2) is 10.5. The molecule has 4 atom stereocenters. The summed E-state index contributed by atoms with van der Waals surface area (Å²) < 4.78 is 1.62. The first kappa shape index (κ1) is 24.1. The number of nitrogens with one attached hydrogen (secondary N) is 5. The molecule has 0 aliphatic carbocycles. The normalized spacial score (nSPS) is 24.7. The minimum atomic E-state index is -0.287. The van der Waals surface area contributed by atoms with Gasteiger partial charge in [-0.05, 0) is 56.5 Å². The summed E-state index contributed by atoms with van der Waals surface area (Å²) in [6, 6.07) is 11.8. The van der Waals surface area contributed by atoms with Crippen molar-refractivity contribution in [2.75, 3.05) is 19.3 Å². The van der Waals surface area contributed by atoms with Crippen LogP contribution < -0.4 is 27.4 Å². The summed E-state index contributed by atoms with van der Waals surface area (Å²) in [7, 11) is 1.98. The standard InChI is InChI=1S/C25H34N8OS/c1-28-18-12-21(29-13-18)22-11-16-14-33(25(34)32-23(16)31-22)19-7-5-15(6-8-19)20-4-2-3-17(30-20)9-10-35-24(26)27/h5-8,11,14,17-18,20-21,28-30H,2-4,9-10,12-13H2,1H3,(H3,26,27)(H,31,32,34)/t17-,18+,20-,21-/m0/s1. The zero-order chi connectivity index (χ0) is 24.4. The fraction of sp³-hybridized carbons (Fsp3) is 0.480. The summed E-state index contributed by atoms with van der Waals surface area (Å²) in [4.78, 5) is 20.5. The Kier molecular flexibility index (Phi) is 7.24. The Labute approximate surface area is 209 Å². The van der Waals surface area contributed by atoms with Gasteiger partial charge in [-0.2, -0.15) is 4.98 Å². The highest BCUT2D eigenvalue weighted by Crippen LogP contribution is 2.28. The second-order valence-corrected chi connectivity index (χ2v) is 10.7. The van der Waals surface area contributed by atoms with E-state index in [-0.39, 0.29) is 16.9 Å². The van der Waals surface area contributed by atoms with Crippen LogP contribution in [0.4, 0.5) is 0 Å². The molecule has 3 aromatic rings. The highest BCUT2D eigenvalue weighted by atomic mass is 32.2. The zero-order valence-electron chi connectivity index (χ0n) is 20.0. The molecule has 2 aromatic heterocycles. The van der Waals surface area contributed by atoms with Crippen LogP contribution in [0.3, 0.4) is 0 Å². The number of thioether (sulfide) groups is 1. The van der Waals surface area contributed by atoms with Gasteiger partial charge < -0.3 is 26.7 Å². The summed E-state index contributed by atoms with van der Waals surface area (Å²) in [6.45, 7) is 0.928. The third kappa shape index (κ3) is 5.45. The number of likely N-dealkylation sites (N-methyl/N-ethyl adjacent to an activating group) is 1. The van der Waals surface area contributed by atoms with Crippen LogP contribution in [0.2, 0.25) is 0 Å². The molecule has 1 aromatic carbocycles. The van der Waals surface area contributed by atoms with Crippen molar-refractivity contribution < 1.29 is 0 Å². The molecule has 0 spiro atoms. The van der Waals surface area contributed by atoms with Gasteiger partial charge >= 0.3 is 5.69 Å². The van der Waals surface area contributed by atoms with Crippen molar-refractivity contribution in [2.45, 2.75) is 56.3 Å². The van der Waals surface area contributed by atoms with E-state index in [2.05, 4.69) is 44.1 Å². The first-order valence-corrected chi connectivity index (χ1v) is 13.3. The van der Waals surface area contributed by atoms with Crippen LogP contribution in [0, 0.1) is 5.41 Å². The predicted octanol–water partition coefficient (Wildman–Crippen LogP) is 2.54. The molecule has 2 saturated heterocycles. The van der Waals surface area contributed by atoms with E-state index in [0.29, 0.717) is 23.8 Å². The van der Waals surface area contributed by atoms with Gasteiger partial charge in [0.05, 0.1) is 5.69 Å². The van der Waals surface area contributed by atoms with Gasteiger partial charge in [-0.25, -0.2) is 4.79 Å². The van der Waals surface area contributed by atoms with Gasteiger partial charge in [0.25, 0.3) is 0 Å². The highest BCUT2D eigenvalue weighted by molar-refractivity contribution is 8.13. The van der Waals surface area contributed by atoms with Crippen LogP contribution in [0.25, 0.3) is 16.7 Å². The Morgan fingerprint density at radius 2 is 2.11 bits per heavy atom. The van der Waals surface area contributed by atoms with Crippen molar-refractivity contribution in [3.8, 4) is 5.69 Å². The predicted molar refractivity (Wildman–Crippen MR) is 142 cm³/mol. The molecule has 0 saturated carbocycles. The van der Waals surface area contributed by atoms with Crippen LogP contribution in [-0.2, 0) is 0 Å². The molecule has 2 fully saturated rings. The number of amidine groups is 1. The molecule has 5 rings (SSSR count). The van der Waals surface area contributed by atoms with Gasteiger partial charge in [0.15, 0.2) is 5.17 Å². The summed E-state index contributed by atoms with van der Waals surface area (Å²) in [5.41, 5.74) is 8.92. The maximum atomic E-state index is 12.8. The van der Waals surface area contributed by atoms with Crippen LogP contribution in [0.15, 0.2) is 41.3 Å². The lowest BCUT2D eigenvalue weighted by Crippen LogP contribution is -2.37. The van der Waals surface area contributed by atoms with Gasteiger partial charge in [-0.3, -0.25) is 9.98 Å². The Balaban J connectivity index is 1.30. The van der Waals surface area contributed by atoms with E-state index in [0.717, 1.165) is 54.7 Å². The van der Waals surface area contributed by atoms with Crippen molar-refractivity contribution in [3.63, 3.8) is 0 Å².